The highest BCUT2D eigenvalue weighted by Gasteiger charge is 2.24. The van der Waals surface area contributed by atoms with E-state index >= 15 is 0 Å². The molecule has 0 bridgehead atoms. The number of unbranched alkanes of at least 4 members (excludes halogenated alkanes) is 4. The van der Waals surface area contributed by atoms with Gasteiger partial charge in [-0.15, -0.1) is 0 Å². The van der Waals surface area contributed by atoms with E-state index in [1.54, 1.807) is 13.8 Å². The Morgan fingerprint density at radius 1 is 0.692 bits per heavy atom. The molecule has 26 heavy (non-hydrogen) atoms. The van der Waals surface area contributed by atoms with Gasteiger partial charge in [-0.2, -0.15) is 0 Å². The van der Waals surface area contributed by atoms with Crippen LogP contribution in [0.15, 0.2) is 0 Å². The van der Waals surface area contributed by atoms with Crippen molar-refractivity contribution in [3.05, 3.63) is 0 Å². The van der Waals surface area contributed by atoms with Gasteiger partial charge in [-0.05, 0) is 32.1 Å². The first-order chi connectivity index (χ1) is 12.2. The van der Waals surface area contributed by atoms with Crippen LogP contribution < -0.4 is 5.11 Å². The summed E-state index contributed by atoms with van der Waals surface area (Å²) in [6.45, 7) is 20.4. The van der Waals surface area contributed by atoms with Crippen molar-refractivity contribution >= 4 is 5.97 Å². The summed E-state index contributed by atoms with van der Waals surface area (Å²) in [4.78, 5) is 10.3. The number of carboxylic acid groups (broad SMARTS) is 1. The van der Waals surface area contributed by atoms with Gasteiger partial charge in [-0.25, -0.2) is 0 Å². The fourth-order valence-corrected chi connectivity index (χ4v) is 3.37. The Morgan fingerprint density at radius 3 is 1.15 bits per heavy atom. The van der Waals surface area contributed by atoms with Crippen LogP contribution in [0.4, 0.5) is 0 Å². The number of hydrogen-bond acceptors (Lipinski definition) is 2. The van der Waals surface area contributed by atoms with Crippen LogP contribution in [0.25, 0.3) is 0 Å². The third-order valence-electron chi connectivity index (χ3n) is 5.37. The average molecular weight is 372 g/mol. The first-order valence-electron chi connectivity index (χ1n) is 11.3. The number of carbonyl (C=O) groups is 1. The molecule has 0 rings (SSSR count). The molecule has 3 heteroatoms. The molecule has 0 saturated heterocycles. The molecule has 0 spiro atoms. The van der Waals surface area contributed by atoms with Gasteiger partial charge < -0.3 is 14.4 Å². The minimum atomic E-state index is -0.954. The SMILES string of the molecule is CCCC(C)(C)C(=O)[O-].CCCC[N+](CCCC)(CCCC)CCCC. The van der Waals surface area contributed by atoms with Crippen LogP contribution >= 0.6 is 0 Å². The summed E-state index contributed by atoms with van der Waals surface area (Å²) in [6.07, 6.45) is 12.6. The van der Waals surface area contributed by atoms with Crippen molar-refractivity contribution in [1.82, 2.24) is 0 Å². The minimum Gasteiger partial charge on any atom is -0.550 e. The van der Waals surface area contributed by atoms with Gasteiger partial charge in [0, 0.05) is 11.4 Å². The highest BCUT2D eigenvalue weighted by Crippen LogP contribution is 2.20. The molecule has 0 N–H and O–H groups in total. The predicted octanol–water partition coefficient (Wildman–Crippen LogP) is 5.57. The van der Waals surface area contributed by atoms with Gasteiger partial charge in [-0.1, -0.05) is 80.6 Å². The maximum atomic E-state index is 10.3. The first-order valence-corrected chi connectivity index (χ1v) is 11.3. The maximum absolute atomic E-state index is 10.3. The Hall–Kier alpha value is -0.570. The zero-order valence-corrected chi connectivity index (χ0v) is 19.2. The molecule has 0 atom stereocenters. The molecular weight excluding hydrogens is 322 g/mol. The molecule has 0 aromatic carbocycles. The number of quaternary nitrogens is 1. The summed E-state index contributed by atoms with van der Waals surface area (Å²) in [6, 6.07) is 0. The predicted molar refractivity (Wildman–Crippen MR) is 113 cm³/mol. The van der Waals surface area contributed by atoms with E-state index in [2.05, 4.69) is 27.7 Å². The molecule has 0 unspecified atom stereocenters. The molecule has 0 aromatic rings. The summed E-state index contributed by atoms with van der Waals surface area (Å²) in [5.41, 5.74) is -0.644. The fourth-order valence-electron chi connectivity index (χ4n) is 3.37. The second kappa shape index (κ2) is 16.6. The summed E-state index contributed by atoms with van der Waals surface area (Å²) >= 11 is 0. The second-order valence-corrected chi connectivity index (χ2v) is 8.57. The van der Waals surface area contributed by atoms with Gasteiger partial charge in [0.05, 0.1) is 26.2 Å². The van der Waals surface area contributed by atoms with Crippen LogP contribution in [-0.4, -0.2) is 36.6 Å². The summed E-state index contributed by atoms with van der Waals surface area (Å²) in [5, 5.41) is 10.3. The molecular formula is C23H49NO2. The van der Waals surface area contributed by atoms with Gasteiger partial charge in [0.25, 0.3) is 0 Å². The first kappa shape index (κ1) is 27.6. The zero-order valence-electron chi connectivity index (χ0n) is 19.2. The quantitative estimate of drug-likeness (QED) is 0.353. The lowest BCUT2D eigenvalue weighted by Gasteiger charge is -2.39. The highest BCUT2D eigenvalue weighted by molar-refractivity contribution is 5.71. The van der Waals surface area contributed by atoms with E-state index in [1.165, 1.54) is 82.0 Å². The lowest BCUT2D eigenvalue weighted by molar-refractivity contribution is -0.929. The fraction of sp³-hybridized carbons (Fsp3) is 0.957. The summed E-state index contributed by atoms with van der Waals surface area (Å²) in [5.74, 6) is -0.954. The molecule has 0 amide bonds. The van der Waals surface area contributed by atoms with E-state index < -0.39 is 11.4 Å². The van der Waals surface area contributed by atoms with E-state index in [4.69, 9.17) is 0 Å². The van der Waals surface area contributed by atoms with Crippen molar-refractivity contribution in [2.45, 2.75) is 113 Å². The smallest absolute Gasteiger partial charge is 0.0786 e. The van der Waals surface area contributed by atoms with E-state index in [-0.39, 0.29) is 0 Å². The Balaban J connectivity index is 0. The standard InChI is InChI=1S/C16H36N.C7H14O2/c1-5-9-13-17(14-10-6-2,15-11-7-3)16-12-8-4;1-4-5-7(2,3)6(8)9/h5-16H2,1-4H3;4-5H2,1-3H3,(H,8,9)/q+1;/p-1. The van der Waals surface area contributed by atoms with E-state index in [1.807, 2.05) is 6.92 Å². The summed E-state index contributed by atoms with van der Waals surface area (Å²) < 4.78 is 1.42. The number of nitrogens with zero attached hydrogens (tertiary/aromatic N) is 1. The second-order valence-electron chi connectivity index (χ2n) is 8.57. The molecule has 0 radical (unpaired) electrons. The van der Waals surface area contributed by atoms with Crippen LogP contribution in [0.2, 0.25) is 0 Å². The van der Waals surface area contributed by atoms with Gasteiger partial charge in [0.15, 0.2) is 0 Å². The molecule has 158 valence electrons. The average Bonchev–Trinajstić information content (AvgIpc) is 2.61. The highest BCUT2D eigenvalue weighted by atomic mass is 16.4. The zero-order chi connectivity index (χ0) is 20.5. The number of carboxylic acids is 1. The number of carbonyl (C=O) groups excluding carboxylic acids is 1. The molecule has 0 heterocycles. The Labute approximate surface area is 165 Å². The van der Waals surface area contributed by atoms with Crippen molar-refractivity contribution in [1.29, 1.82) is 0 Å². The van der Waals surface area contributed by atoms with Crippen LogP contribution in [0.5, 0.6) is 0 Å². The number of rotatable bonds is 15. The topological polar surface area (TPSA) is 40.1 Å². The molecule has 0 aliphatic carbocycles. The van der Waals surface area contributed by atoms with E-state index in [0.717, 1.165) is 6.42 Å². The third-order valence-corrected chi connectivity index (χ3v) is 5.37. The van der Waals surface area contributed by atoms with Crippen LogP contribution in [0.1, 0.15) is 113 Å². The van der Waals surface area contributed by atoms with Crippen molar-refractivity contribution in [2.24, 2.45) is 5.41 Å². The summed E-state index contributed by atoms with van der Waals surface area (Å²) in [7, 11) is 0. The molecule has 0 saturated carbocycles. The number of aliphatic carboxylic acids is 1. The largest absolute Gasteiger partial charge is 0.550 e. The van der Waals surface area contributed by atoms with Gasteiger partial charge in [0.2, 0.25) is 0 Å². The van der Waals surface area contributed by atoms with Crippen molar-refractivity contribution in [2.75, 3.05) is 26.2 Å². The van der Waals surface area contributed by atoms with Crippen molar-refractivity contribution in [3.8, 4) is 0 Å². The third kappa shape index (κ3) is 13.6. The number of hydrogen-bond donors (Lipinski definition) is 0. The van der Waals surface area contributed by atoms with Gasteiger partial charge in [-0.3, -0.25) is 0 Å². The molecule has 0 fully saturated rings. The molecule has 0 aromatic heterocycles. The minimum absolute atomic E-state index is 0.644. The lowest BCUT2D eigenvalue weighted by atomic mass is 9.88. The van der Waals surface area contributed by atoms with Crippen LogP contribution in [0.3, 0.4) is 0 Å². The lowest BCUT2D eigenvalue weighted by Crippen LogP contribution is -2.50. The Kier molecular flexibility index (Phi) is 17.6. The Morgan fingerprint density at radius 2 is 1.00 bits per heavy atom. The maximum Gasteiger partial charge on any atom is 0.0786 e. The van der Waals surface area contributed by atoms with Gasteiger partial charge >= 0.3 is 0 Å². The molecule has 0 aliphatic heterocycles. The van der Waals surface area contributed by atoms with Crippen molar-refractivity contribution < 1.29 is 14.4 Å². The van der Waals surface area contributed by atoms with E-state index in [0.29, 0.717) is 6.42 Å². The van der Waals surface area contributed by atoms with E-state index in [9.17, 15) is 9.90 Å². The normalized spacial score (nSPS) is 11.8. The van der Waals surface area contributed by atoms with Crippen LogP contribution in [-0.2, 0) is 4.79 Å². The van der Waals surface area contributed by atoms with Crippen LogP contribution in [0, 0.1) is 5.41 Å². The van der Waals surface area contributed by atoms with Crippen molar-refractivity contribution in [3.63, 3.8) is 0 Å². The molecule has 3 nitrogen and oxygen atoms in total. The molecule has 0 aliphatic rings. The monoisotopic (exact) mass is 371 g/mol. The Bertz CT molecular complexity index is 289. The van der Waals surface area contributed by atoms with Gasteiger partial charge in [0.1, 0.15) is 0 Å².